The van der Waals surface area contributed by atoms with E-state index in [9.17, 15) is 0 Å². The average molecular weight is 207 g/mol. The van der Waals surface area contributed by atoms with Gasteiger partial charge in [0.25, 0.3) is 0 Å². The Morgan fingerprint density at radius 1 is 1.47 bits per heavy atom. The summed E-state index contributed by atoms with van der Waals surface area (Å²) in [5.41, 5.74) is 4.00. The Hall–Kier alpha value is -0.930. The lowest BCUT2D eigenvalue weighted by molar-refractivity contribution is 0.354. The van der Waals surface area contributed by atoms with Crippen molar-refractivity contribution in [1.82, 2.24) is 10.4 Å². The highest BCUT2D eigenvalue weighted by molar-refractivity contribution is 5.05. The number of pyridine rings is 1. The molecule has 1 aromatic rings. The van der Waals surface area contributed by atoms with Crippen LogP contribution >= 0.6 is 0 Å². The molecular formula is C12H21N3. The van der Waals surface area contributed by atoms with Gasteiger partial charge in [0, 0.05) is 24.4 Å². The molecule has 84 valence electrons. The number of hydrogen-bond acceptors (Lipinski definition) is 3. The van der Waals surface area contributed by atoms with Gasteiger partial charge in [-0.05, 0) is 24.5 Å². The van der Waals surface area contributed by atoms with E-state index in [2.05, 4.69) is 24.3 Å². The lowest BCUT2D eigenvalue weighted by Crippen LogP contribution is -2.41. The van der Waals surface area contributed by atoms with Gasteiger partial charge in [-0.3, -0.25) is 16.3 Å². The molecule has 0 fully saturated rings. The summed E-state index contributed by atoms with van der Waals surface area (Å²) in [4.78, 5) is 4.31. The van der Waals surface area contributed by atoms with Crippen LogP contribution in [0.2, 0.25) is 0 Å². The van der Waals surface area contributed by atoms with Gasteiger partial charge in [0.2, 0.25) is 0 Å². The average Bonchev–Trinajstić information content (AvgIpc) is 2.27. The fraction of sp³-hybridized carbons (Fsp3) is 0.583. The van der Waals surface area contributed by atoms with Crippen molar-refractivity contribution in [3.05, 3.63) is 30.1 Å². The summed E-state index contributed by atoms with van der Waals surface area (Å²) >= 11 is 0. The van der Waals surface area contributed by atoms with Crippen LogP contribution in [0.25, 0.3) is 0 Å². The number of nitrogens with one attached hydrogen (secondary N) is 1. The molecule has 0 aliphatic rings. The highest BCUT2D eigenvalue weighted by Gasteiger charge is 2.15. The first-order valence-corrected chi connectivity index (χ1v) is 5.64. The molecule has 0 bridgehead atoms. The van der Waals surface area contributed by atoms with Crippen LogP contribution in [0.1, 0.15) is 32.4 Å². The third-order valence-corrected chi connectivity index (χ3v) is 2.80. The van der Waals surface area contributed by atoms with Crippen LogP contribution in [-0.2, 0) is 6.42 Å². The number of hydrazine groups is 1. The molecule has 15 heavy (non-hydrogen) atoms. The zero-order valence-electron chi connectivity index (χ0n) is 9.61. The number of nitrogens with two attached hydrogens (primary N) is 1. The van der Waals surface area contributed by atoms with Crippen molar-refractivity contribution in [2.45, 2.75) is 39.2 Å². The number of aromatic nitrogens is 1. The lowest BCUT2D eigenvalue weighted by atomic mass is 9.93. The van der Waals surface area contributed by atoms with E-state index in [1.807, 2.05) is 24.4 Å². The van der Waals surface area contributed by atoms with Crippen LogP contribution in [0, 0.1) is 5.92 Å². The van der Waals surface area contributed by atoms with E-state index in [1.54, 1.807) is 0 Å². The van der Waals surface area contributed by atoms with Gasteiger partial charge in [-0.1, -0.05) is 26.3 Å². The van der Waals surface area contributed by atoms with Crippen LogP contribution < -0.4 is 11.3 Å². The Morgan fingerprint density at radius 2 is 2.27 bits per heavy atom. The van der Waals surface area contributed by atoms with E-state index >= 15 is 0 Å². The smallest absolute Gasteiger partial charge is 0.0419 e. The minimum Gasteiger partial charge on any atom is -0.271 e. The quantitative estimate of drug-likeness (QED) is 0.553. The molecule has 1 rings (SSSR count). The second-order valence-electron chi connectivity index (χ2n) is 4.06. The van der Waals surface area contributed by atoms with Crippen molar-refractivity contribution in [2.24, 2.45) is 11.8 Å². The van der Waals surface area contributed by atoms with Crippen molar-refractivity contribution >= 4 is 0 Å². The number of nitrogens with zero attached hydrogens (tertiary/aromatic N) is 1. The van der Waals surface area contributed by atoms with E-state index in [0.29, 0.717) is 12.0 Å². The summed E-state index contributed by atoms with van der Waals surface area (Å²) in [6.07, 6.45) is 5.12. The van der Waals surface area contributed by atoms with E-state index in [4.69, 9.17) is 5.84 Å². The highest BCUT2D eigenvalue weighted by atomic mass is 15.2. The lowest BCUT2D eigenvalue weighted by Gasteiger charge is -2.22. The van der Waals surface area contributed by atoms with Gasteiger partial charge in [0.05, 0.1) is 0 Å². The Bertz CT molecular complexity index is 261. The largest absolute Gasteiger partial charge is 0.271 e. The van der Waals surface area contributed by atoms with Crippen LogP contribution in [0.4, 0.5) is 0 Å². The highest BCUT2D eigenvalue weighted by Crippen LogP contribution is 2.13. The Morgan fingerprint density at radius 3 is 2.80 bits per heavy atom. The SMILES string of the molecule is CCCC(C)C(Cc1ccccn1)NN. The molecule has 1 heterocycles. The van der Waals surface area contributed by atoms with Crippen LogP contribution in [0.15, 0.2) is 24.4 Å². The predicted molar refractivity (Wildman–Crippen MR) is 63.1 cm³/mol. The first-order valence-electron chi connectivity index (χ1n) is 5.64. The summed E-state index contributed by atoms with van der Waals surface area (Å²) in [6, 6.07) is 6.31. The third-order valence-electron chi connectivity index (χ3n) is 2.80. The Kier molecular flexibility index (Phi) is 5.29. The van der Waals surface area contributed by atoms with Crippen molar-refractivity contribution in [2.75, 3.05) is 0 Å². The van der Waals surface area contributed by atoms with Crippen molar-refractivity contribution in [3.8, 4) is 0 Å². The van der Waals surface area contributed by atoms with Gasteiger partial charge in [-0.15, -0.1) is 0 Å². The summed E-state index contributed by atoms with van der Waals surface area (Å²) in [7, 11) is 0. The Labute approximate surface area is 92.1 Å². The molecule has 3 heteroatoms. The van der Waals surface area contributed by atoms with E-state index in [0.717, 1.165) is 12.1 Å². The minimum absolute atomic E-state index is 0.319. The van der Waals surface area contributed by atoms with Gasteiger partial charge in [0.1, 0.15) is 0 Å². The van der Waals surface area contributed by atoms with Crippen LogP contribution in [0.3, 0.4) is 0 Å². The number of hydrogen-bond donors (Lipinski definition) is 2. The first-order chi connectivity index (χ1) is 7.27. The molecule has 0 aliphatic carbocycles. The Balaban J connectivity index is 2.53. The van der Waals surface area contributed by atoms with Gasteiger partial charge in [-0.25, -0.2) is 0 Å². The maximum atomic E-state index is 5.57. The fourth-order valence-corrected chi connectivity index (χ4v) is 1.83. The standard InChI is InChI=1S/C12H21N3/c1-3-6-10(2)12(15-13)9-11-7-4-5-8-14-11/h4-5,7-8,10,12,15H,3,6,9,13H2,1-2H3. The maximum Gasteiger partial charge on any atom is 0.0419 e. The van der Waals surface area contributed by atoms with Crippen LogP contribution in [0.5, 0.6) is 0 Å². The molecule has 1 aromatic heterocycles. The van der Waals surface area contributed by atoms with E-state index in [-0.39, 0.29) is 0 Å². The van der Waals surface area contributed by atoms with Gasteiger partial charge < -0.3 is 0 Å². The third kappa shape index (κ3) is 3.98. The van der Waals surface area contributed by atoms with Crippen molar-refractivity contribution in [3.63, 3.8) is 0 Å². The van der Waals surface area contributed by atoms with E-state index in [1.165, 1.54) is 12.8 Å². The fourth-order valence-electron chi connectivity index (χ4n) is 1.83. The molecule has 0 amide bonds. The molecule has 0 saturated heterocycles. The molecule has 0 spiro atoms. The molecule has 3 nitrogen and oxygen atoms in total. The minimum atomic E-state index is 0.319. The molecule has 2 atom stereocenters. The summed E-state index contributed by atoms with van der Waals surface area (Å²) < 4.78 is 0. The molecule has 0 aliphatic heterocycles. The van der Waals surface area contributed by atoms with Gasteiger partial charge >= 0.3 is 0 Å². The van der Waals surface area contributed by atoms with Gasteiger partial charge in [0.15, 0.2) is 0 Å². The summed E-state index contributed by atoms with van der Waals surface area (Å²) in [5.74, 6) is 6.16. The molecule has 2 unspecified atom stereocenters. The molecule has 3 N–H and O–H groups in total. The van der Waals surface area contributed by atoms with Crippen LogP contribution in [-0.4, -0.2) is 11.0 Å². The second-order valence-corrected chi connectivity index (χ2v) is 4.06. The summed E-state index contributed by atoms with van der Waals surface area (Å²) in [5, 5.41) is 0. The zero-order valence-corrected chi connectivity index (χ0v) is 9.61. The molecular weight excluding hydrogens is 186 g/mol. The zero-order chi connectivity index (χ0) is 11.1. The van der Waals surface area contributed by atoms with E-state index < -0.39 is 0 Å². The molecule has 0 saturated carbocycles. The molecule has 0 radical (unpaired) electrons. The summed E-state index contributed by atoms with van der Waals surface area (Å²) in [6.45, 7) is 4.43. The maximum absolute atomic E-state index is 5.57. The normalized spacial score (nSPS) is 14.9. The monoisotopic (exact) mass is 207 g/mol. The first kappa shape index (κ1) is 12.1. The molecule has 0 aromatic carbocycles. The number of rotatable bonds is 6. The van der Waals surface area contributed by atoms with Crippen molar-refractivity contribution < 1.29 is 0 Å². The predicted octanol–water partition coefficient (Wildman–Crippen LogP) is 1.89. The second kappa shape index (κ2) is 6.53. The van der Waals surface area contributed by atoms with Crippen molar-refractivity contribution in [1.29, 1.82) is 0 Å². The topological polar surface area (TPSA) is 50.9 Å². The van der Waals surface area contributed by atoms with Gasteiger partial charge in [-0.2, -0.15) is 0 Å².